The first kappa shape index (κ1) is 19.9. The summed E-state index contributed by atoms with van der Waals surface area (Å²) in [5.41, 5.74) is 1.39. The summed E-state index contributed by atoms with van der Waals surface area (Å²) < 4.78 is 5.32. The lowest BCUT2D eigenvalue weighted by Gasteiger charge is -2.35. The fraction of sp³-hybridized carbons (Fsp3) is 0.261. The summed E-state index contributed by atoms with van der Waals surface area (Å²) >= 11 is 0. The number of benzene rings is 1. The van der Waals surface area contributed by atoms with Crippen LogP contribution in [0.1, 0.15) is 11.5 Å². The molecule has 1 amide bonds. The average Bonchev–Trinajstić information content (AvgIpc) is 3.22. The Hall–Kier alpha value is -4.01. The van der Waals surface area contributed by atoms with E-state index in [1.807, 2.05) is 60.4 Å². The Morgan fingerprint density at radius 3 is 2.66 bits per heavy atom. The van der Waals surface area contributed by atoms with E-state index in [0.29, 0.717) is 49.1 Å². The van der Waals surface area contributed by atoms with Gasteiger partial charge in [-0.3, -0.25) is 4.79 Å². The van der Waals surface area contributed by atoms with E-state index < -0.39 is 0 Å². The number of nitrogens with zero attached hydrogens (tertiary/aromatic N) is 6. The highest BCUT2D eigenvalue weighted by molar-refractivity contribution is 5.86. The average molecular weight is 429 g/mol. The molecule has 0 saturated carbocycles. The molecule has 0 aliphatic carbocycles. The van der Waals surface area contributed by atoms with Crippen molar-refractivity contribution >= 4 is 34.3 Å². The van der Waals surface area contributed by atoms with Gasteiger partial charge in [-0.05, 0) is 31.2 Å². The molecule has 1 aliphatic heterocycles. The normalized spacial score (nSPS) is 14.0. The molecule has 1 fully saturated rings. The van der Waals surface area contributed by atoms with Gasteiger partial charge in [0.1, 0.15) is 29.0 Å². The minimum Gasteiger partial charge on any atom is -0.356 e. The Kier molecular flexibility index (Phi) is 5.37. The fourth-order valence-corrected chi connectivity index (χ4v) is 3.85. The number of hydrogen-bond donors (Lipinski definition) is 1. The van der Waals surface area contributed by atoms with Gasteiger partial charge in [-0.1, -0.05) is 23.4 Å². The van der Waals surface area contributed by atoms with Crippen LogP contribution in [0.15, 0.2) is 59.3 Å². The highest BCUT2D eigenvalue weighted by Gasteiger charge is 2.24. The predicted octanol–water partition coefficient (Wildman–Crippen LogP) is 2.96. The van der Waals surface area contributed by atoms with E-state index in [9.17, 15) is 4.79 Å². The number of fused-ring (bicyclic) bond motifs is 1. The predicted molar refractivity (Wildman–Crippen MR) is 121 cm³/mol. The lowest BCUT2D eigenvalue weighted by atomic mass is 10.1. The van der Waals surface area contributed by atoms with Gasteiger partial charge in [0, 0.05) is 43.8 Å². The number of piperazine rings is 1. The standard InChI is InChI=1S/C23H23N7O2/c1-16-25-21(27-20-8-4-5-9-24-20)15-22(26-16)29-10-12-30(13-11-29)23(31)14-18-17-6-2-3-7-19(17)32-28-18/h2-9,15H,10-14H2,1H3,(H,24,25,26,27). The lowest BCUT2D eigenvalue weighted by molar-refractivity contribution is -0.130. The molecule has 32 heavy (non-hydrogen) atoms. The minimum absolute atomic E-state index is 0.0556. The number of carbonyl (C=O) groups is 1. The Morgan fingerprint density at radius 2 is 1.84 bits per heavy atom. The molecule has 1 saturated heterocycles. The Morgan fingerprint density at radius 1 is 1.03 bits per heavy atom. The summed E-state index contributed by atoms with van der Waals surface area (Å²) in [6.45, 7) is 4.52. The van der Waals surface area contributed by atoms with Crippen LogP contribution in [0.4, 0.5) is 17.5 Å². The van der Waals surface area contributed by atoms with Crippen LogP contribution >= 0.6 is 0 Å². The van der Waals surface area contributed by atoms with E-state index in [2.05, 4.69) is 30.3 Å². The molecule has 0 atom stereocenters. The highest BCUT2D eigenvalue weighted by Crippen LogP contribution is 2.22. The van der Waals surface area contributed by atoms with Crippen molar-refractivity contribution in [2.24, 2.45) is 0 Å². The first-order valence-electron chi connectivity index (χ1n) is 10.6. The van der Waals surface area contributed by atoms with Crippen molar-refractivity contribution in [1.29, 1.82) is 0 Å². The maximum absolute atomic E-state index is 12.8. The van der Waals surface area contributed by atoms with Crippen LogP contribution in [0, 0.1) is 6.92 Å². The van der Waals surface area contributed by atoms with Crippen molar-refractivity contribution in [2.75, 3.05) is 36.4 Å². The van der Waals surface area contributed by atoms with Crippen LogP contribution in [0.3, 0.4) is 0 Å². The molecular formula is C23H23N7O2. The number of aryl methyl sites for hydroxylation is 1. The number of amides is 1. The van der Waals surface area contributed by atoms with Crippen LogP contribution in [0.2, 0.25) is 0 Å². The second-order valence-corrected chi connectivity index (χ2v) is 7.67. The smallest absolute Gasteiger partial charge is 0.228 e. The number of para-hydroxylation sites is 1. The van der Waals surface area contributed by atoms with Crippen molar-refractivity contribution in [1.82, 2.24) is 25.0 Å². The SMILES string of the molecule is Cc1nc(Nc2ccccn2)cc(N2CCN(C(=O)Cc3noc4ccccc34)CC2)n1. The monoisotopic (exact) mass is 429 g/mol. The summed E-state index contributed by atoms with van der Waals surface area (Å²) in [6, 6.07) is 15.2. The lowest BCUT2D eigenvalue weighted by Crippen LogP contribution is -2.49. The first-order valence-corrected chi connectivity index (χ1v) is 10.6. The maximum Gasteiger partial charge on any atom is 0.228 e. The third kappa shape index (κ3) is 4.22. The van der Waals surface area contributed by atoms with E-state index >= 15 is 0 Å². The topological polar surface area (TPSA) is 100 Å². The van der Waals surface area contributed by atoms with Crippen LogP contribution in [0.25, 0.3) is 11.0 Å². The van der Waals surface area contributed by atoms with E-state index in [1.165, 1.54) is 0 Å². The second-order valence-electron chi connectivity index (χ2n) is 7.67. The Balaban J connectivity index is 1.23. The molecule has 1 aliphatic rings. The Labute approximate surface area is 185 Å². The summed E-state index contributed by atoms with van der Waals surface area (Å²) in [7, 11) is 0. The largest absolute Gasteiger partial charge is 0.356 e. The van der Waals surface area contributed by atoms with E-state index in [4.69, 9.17) is 4.52 Å². The van der Waals surface area contributed by atoms with Gasteiger partial charge in [-0.25, -0.2) is 15.0 Å². The van der Waals surface area contributed by atoms with Crippen molar-refractivity contribution in [3.63, 3.8) is 0 Å². The third-order valence-electron chi connectivity index (χ3n) is 5.47. The number of rotatable bonds is 5. The van der Waals surface area contributed by atoms with Gasteiger partial charge in [0.2, 0.25) is 5.91 Å². The van der Waals surface area contributed by atoms with Gasteiger partial charge in [0.25, 0.3) is 0 Å². The molecule has 0 bridgehead atoms. The molecule has 4 heterocycles. The first-order chi connectivity index (χ1) is 15.7. The van der Waals surface area contributed by atoms with Gasteiger partial charge in [0.05, 0.1) is 6.42 Å². The number of anilines is 3. The second kappa shape index (κ2) is 8.62. The molecule has 5 rings (SSSR count). The number of carbonyl (C=O) groups excluding carboxylic acids is 1. The molecule has 0 spiro atoms. The molecular weight excluding hydrogens is 406 g/mol. The van der Waals surface area contributed by atoms with Crippen LogP contribution in [-0.2, 0) is 11.2 Å². The zero-order valence-corrected chi connectivity index (χ0v) is 17.7. The zero-order chi connectivity index (χ0) is 21.9. The van der Waals surface area contributed by atoms with Crippen molar-refractivity contribution < 1.29 is 9.32 Å². The van der Waals surface area contributed by atoms with Gasteiger partial charge >= 0.3 is 0 Å². The van der Waals surface area contributed by atoms with Crippen LogP contribution in [0.5, 0.6) is 0 Å². The fourth-order valence-electron chi connectivity index (χ4n) is 3.85. The number of hydrogen-bond acceptors (Lipinski definition) is 8. The van der Waals surface area contributed by atoms with E-state index in [1.54, 1.807) is 6.20 Å². The molecule has 1 aromatic carbocycles. The van der Waals surface area contributed by atoms with Crippen LogP contribution < -0.4 is 10.2 Å². The van der Waals surface area contributed by atoms with Gasteiger partial charge in [0.15, 0.2) is 5.58 Å². The van der Waals surface area contributed by atoms with E-state index in [0.717, 1.165) is 17.0 Å². The van der Waals surface area contributed by atoms with Crippen molar-refractivity contribution in [3.8, 4) is 0 Å². The molecule has 0 unspecified atom stereocenters. The van der Waals surface area contributed by atoms with Gasteiger partial charge < -0.3 is 19.6 Å². The highest BCUT2D eigenvalue weighted by atomic mass is 16.5. The number of aromatic nitrogens is 4. The summed E-state index contributed by atoms with van der Waals surface area (Å²) in [5, 5.41) is 8.20. The maximum atomic E-state index is 12.8. The van der Waals surface area contributed by atoms with Gasteiger partial charge in [-0.15, -0.1) is 0 Å². The molecule has 0 radical (unpaired) electrons. The number of pyridine rings is 1. The molecule has 3 aromatic heterocycles. The summed E-state index contributed by atoms with van der Waals surface area (Å²) in [5.74, 6) is 3.00. The molecule has 162 valence electrons. The van der Waals surface area contributed by atoms with Crippen molar-refractivity contribution in [3.05, 3.63) is 66.2 Å². The molecule has 1 N–H and O–H groups in total. The quantitative estimate of drug-likeness (QED) is 0.517. The zero-order valence-electron chi connectivity index (χ0n) is 17.7. The van der Waals surface area contributed by atoms with Crippen molar-refractivity contribution in [2.45, 2.75) is 13.3 Å². The van der Waals surface area contributed by atoms with Crippen LogP contribution in [-0.4, -0.2) is 57.1 Å². The Bertz CT molecular complexity index is 1230. The third-order valence-corrected chi connectivity index (χ3v) is 5.47. The minimum atomic E-state index is 0.0556. The molecule has 4 aromatic rings. The molecule has 9 nitrogen and oxygen atoms in total. The summed E-state index contributed by atoms with van der Waals surface area (Å²) in [6.07, 6.45) is 1.97. The number of nitrogens with one attached hydrogen (secondary N) is 1. The van der Waals surface area contributed by atoms with E-state index in [-0.39, 0.29) is 12.3 Å². The van der Waals surface area contributed by atoms with Gasteiger partial charge in [-0.2, -0.15) is 0 Å². The summed E-state index contributed by atoms with van der Waals surface area (Å²) in [4.78, 5) is 30.2. The molecule has 9 heteroatoms.